The molecule has 0 aliphatic heterocycles. The van der Waals surface area contributed by atoms with Gasteiger partial charge in [0.25, 0.3) is 0 Å². The first-order valence-corrected chi connectivity index (χ1v) is 36.0. The SMILES string of the molecule is CCCCCCCCCCCC(=O)OC[C@H](COP(=O)(O)OC[C@H](O)COP(=O)(O)OC[C@@H](COC(=O)CCCCCCCCC(C)C)OC(=O)CCCCCCCCCCCCCCC(C)C)OC(=O)CCCCCCCCCCC. The highest BCUT2D eigenvalue weighted by molar-refractivity contribution is 7.47. The zero-order valence-corrected chi connectivity index (χ0v) is 54.6. The summed E-state index contributed by atoms with van der Waals surface area (Å²) in [5.41, 5.74) is 0. The average Bonchev–Trinajstić information content (AvgIpc) is 3.43. The molecule has 486 valence electrons. The van der Waals surface area contributed by atoms with Crippen molar-refractivity contribution in [3.63, 3.8) is 0 Å². The van der Waals surface area contributed by atoms with Crippen molar-refractivity contribution < 1.29 is 80.2 Å². The number of aliphatic hydroxyl groups excluding tert-OH is 1. The molecule has 82 heavy (non-hydrogen) atoms. The number of carbonyl (C=O) groups excluding carboxylic acids is 4. The Morgan fingerprint density at radius 1 is 0.329 bits per heavy atom. The Labute approximate surface area is 498 Å². The maximum absolute atomic E-state index is 13.0. The van der Waals surface area contributed by atoms with Gasteiger partial charge in [-0.25, -0.2) is 9.13 Å². The van der Waals surface area contributed by atoms with Crippen LogP contribution >= 0.6 is 15.6 Å². The van der Waals surface area contributed by atoms with E-state index >= 15 is 0 Å². The molecule has 0 radical (unpaired) electrons. The minimum Gasteiger partial charge on any atom is -0.462 e. The Bertz CT molecular complexity index is 1620. The molecule has 0 amide bonds. The lowest BCUT2D eigenvalue weighted by Crippen LogP contribution is -2.30. The number of carbonyl (C=O) groups is 4. The van der Waals surface area contributed by atoms with E-state index in [2.05, 4.69) is 41.5 Å². The van der Waals surface area contributed by atoms with E-state index in [9.17, 15) is 43.2 Å². The zero-order chi connectivity index (χ0) is 60.8. The Morgan fingerprint density at radius 2 is 0.561 bits per heavy atom. The van der Waals surface area contributed by atoms with E-state index in [1.165, 1.54) is 122 Å². The molecule has 0 aliphatic rings. The van der Waals surface area contributed by atoms with E-state index < -0.39 is 97.5 Å². The first-order chi connectivity index (χ1) is 39.4. The summed E-state index contributed by atoms with van der Waals surface area (Å²) in [6, 6.07) is 0. The van der Waals surface area contributed by atoms with Gasteiger partial charge in [0.2, 0.25) is 0 Å². The Morgan fingerprint density at radius 3 is 0.829 bits per heavy atom. The van der Waals surface area contributed by atoms with Crippen LogP contribution in [0.4, 0.5) is 0 Å². The van der Waals surface area contributed by atoms with E-state index in [-0.39, 0.29) is 25.7 Å². The normalized spacial score (nSPS) is 14.3. The summed E-state index contributed by atoms with van der Waals surface area (Å²) in [7, 11) is -9.88. The average molecular weight is 1210 g/mol. The van der Waals surface area contributed by atoms with Crippen molar-refractivity contribution in [2.75, 3.05) is 39.6 Å². The number of esters is 4. The minimum absolute atomic E-state index is 0.105. The van der Waals surface area contributed by atoms with E-state index in [0.717, 1.165) is 102 Å². The largest absolute Gasteiger partial charge is 0.472 e. The molecule has 3 N–H and O–H groups in total. The Hall–Kier alpha value is -1.94. The zero-order valence-electron chi connectivity index (χ0n) is 52.8. The van der Waals surface area contributed by atoms with Crippen molar-refractivity contribution in [3.8, 4) is 0 Å². The second kappa shape index (κ2) is 55.6. The number of phosphoric acid groups is 2. The van der Waals surface area contributed by atoms with Crippen LogP contribution in [0, 0.1) is 11.8 Å². The van der Waals surface area contributed by atoms with Crippen molar-refractivity contribution in [3.05, 3.63) is 0 Å². The molecule has 5 atom stereocenters. The predicted octanol–water partition coefficient (Wildman–Crippen LogP) is 17.3. The molecule has 0 aliphatic carbocycles. The van der Waals surface area contributed by atoms with Gasteiger partial charge in [-0.2, -0.15) is 0 Å². The van der Waals surface area contributed by atoms with Crippen LogP contribution in [0.15, 0.2) is 0 Å². The smallest absolute Gasteiger partial charge is 0.462 e. The van der Waals surface area contributed by atoms with Crippen molar-refractivity contribution in [1.29, 1.82) is 0 Å². The number of phosphoric ester groups is 2. The second-order valence-corrected chi connectivity index (χ2v) is 26.7. The third kappa shape index (κ3) is 57.2. The monoisotopic (exact) mass is 1210 g/mol. The molecule has 19 heteroatoms. The first kappa shape index (κ1) is 80.1. The second-order valence-electron chi connectivity index (χ2n) is 23.7. The highest BCUT2D eigenvalue weighted by atomic mass is 31.2. The van der Waals surface area contributed by atoms with E-state index in [1.807, 2.05) is 0 Å². The van der Waals surface area contributed by atoms with Crippen LogP contribution in [0.5, 0.6) is 0 Å². The van der Waals surface area contributed by atoms with Gasteiger partial charge in [-0.1, -0.05) is 260 Å². The molecule has 0 spiro atoms. The Balaban J connectivity index is 5.20. The van der Waals surface area contributed by atoms with Crippen molar-refractivity contribution in [2.45, 2.75) is 330 Å². The van der Waals surface area contributed by atoms with Crippen molar-refractivity contribution in [1.82, 2.24) is 0 Å². The third-order valence-electron chi connectivity index (χ3n) is 14.5. The lowest BCUT2D eigenvalue weighted by molar-refractivity contribution is -0.161. The fourth-order valence-corrected chi connectivity index (χ4v) is 10.9. The summed E-state index contributed by atoms with van der Waals surface area (Å²) >= 11 is 0. The Kier molecular flexibility index (Phi) is 54.3. The molecule has 2 unspecified atom stereocenters. The summed E-state index contributed by atoms with van der Waals surface area (Å²) in [5.74, 6) is -0.682. The molecule has 0 fully saturated rings. The molecule has 0 rings (SSSR count). The fourth-order valence-electron chi connectivity index (χ4n) is 9.35. The van der Waals surface area contributed by atoms with Gasteiger partial charge in [0.1, 0.15) is 19.3 Å². The minimum atomic E-state index is -4.94. The summed E-state index contributed by atoms with van der Waals surface area (Å²) in [5, 5.41) is 10.5. The van der Waals surface area contributed by atoms with E-state index in [1.54, 1.807) is 0 Å². The van der Waals surface area contributed by atoms with E-state index in [4.69, 9.17) is 37.0 Å². The summed E-state index contributed by atoms with van der Waals surface area (Å²) < 4.78 is 67.9. The highest BCUT2D eigenvalue weighted by Gasteiger charge is 2.30. The predicted molar refractivity (Wildman–Crippen MR) is 326 cm³/mol. The van der Waals surface area contributed by atoms with Gasteiger partial charge in [0.05, 0.1) is 26.4 Å². The van der Waals surface area contributed by atoms with Crippen LogP contribution < -0.4 is 0 Å². The van der Waals surface area contributed by atoms with Gasteiger partial charge in [-0.3, -0.25) is 37.3 Å². The van der Waals surface area contributed by atoms with Gasteiger partial charge >= 0.3 is 39.5 Å². The third-order valence-corrected chi connectivity index (χ3v) is 16.4. The molecule has 0 aromatic heterocycles. The quantitative estimate of drug-likeness (QED) is 0.0222. The maximum Gasteiger partial charge on any atom is 0.472 e. The standard InChI is InChI=1S/C63H122O17P2/c1-7-9-11-13-15-21-26-33-39-45-60(65)73-51-58(79-62(67)47-41-35-27-22-16-14-12-10-8-2)53-77-81(69,70)75-49-57(64)50-76-82(71,72)78-54-59(52-74-61(66)46-40-34-30-29-32-38-44-56(5)6)80-63(68)48-42-36-28-24-20-18-17-19-23-25-31-37-43-55(3)4/h55-59,64H,7-54H2,1-6H3,(H,69,70)(H,71,72)/t57-,58+,59+/m0/s1. The van der Waals surface area contributed by atoms with Gasteiger partial charge in [0, 0.05) is 25.7 Å². The lowest BCUT2D eigenvalue weighted by atomic mass is 10.0. The molecule has 0 saturated heterocycles. The number of rotatable bonds is 62. The summed E-state index contributed by atoms with van der Waals surface area (Å²) in [6.07, 6.45) is 37.7. The maximum atomic E-state index is 13.0. The summed E-state index contributed by atoms with van der Waals surface area (Å²) in [4.78, 5) is 72.0. The van der Waals surface area contributed by atoms with Crippen LogP contribution in [0.25, 0.3) is 0 Å². The van der Waals surface area contributed by atoms with Crippen LogP contribution in [0.3, 0.4) is 0 Å². The molecular weight excluding hydrogens is 1090 g/mol. The lowest BCUT2D eigenvalue weighted by Gasteiger charge is -2.21. The van der Waals surface area contributed by atoms with Gasteiger partial charge in [0.15, 0.2) is 12.2 Å². The number of unbranched alkanes of at least 4 members (excludes halogenated alkanes) is 32. The topological polar surface area (TPSA) is 237 Å². The molecule has 0 aromatic rings. The molecule has 0 aromatic carbocycles. The van der Waals surface area contributed by atoms with Gasteiger partial charge < -0.3 is 33.8 Å². The number of hydrogen-bond donors (Lipinski definition) is 3. The van der Waals surface area contributed by atoms with E-state index in [0.29, 0.717) is 31.6 Å². The van der Waals surface area contributed by atoms with Crippen LogP contribution in [-0.4, -0.2) is 96.7 Å². The number of hydrogen-bond acceptors (Lipinski definition) is 15. The van der Waals surface area contributed by atoms with Crippen molar-refractivity contribution in [2.24, 2.45) is 11.8 Å². The molecule has 0 saturated carbocycles. The molecule has 0 heterocycles. The molecule has 17 nitrogen and oxygen atoms in total. The van der Waals surface area contributed by atoms with Gasteiger partial charge in [-0.05, 0) is 37.5 Å². The molecular formula is C63H122O17P2. The molecule has 0 bridgehead atoms. The number of ether oxygens (including phenoxy) is 4. The van der Waals surface area contributed by atoms with Crippen LogP contribution in [0.2, 0.25) is 0 Å². The fraction of sp³-hybridized carbons (Fsp3) is 0.937. The van der Waals surface area contributed by atoms with Crippen LogP contribution in [0.1, 0.15) is 311 Å². The number of aliphatic hydroxyl groups is 1. The highest BCUT2D eigenvalue weighted by Crippen LogP contribution is 2.45. The van der Waals surface area contributed by atoms with Crippen LogP contribution in [-0.2, 0) is 65.4 Å². The first-order valence-electron chi connectivity index (χ1n) is 33.0. The summed E-state index contributed by atoms with van der Waals surface area (Å²) in [6.45, 7) is 9.38. The van der Waals surface area contributed by atoms with Gasteiger partial charge in [-0.15, -0.1) is 0 Å². The van der Waals surface area contributed by atoms with Crippen molar-refractivity contribution >= 4 is 39.5 Å².